The van der Waals surface area contributed by atoms with Gasteiger partial charge in [0.2, 0.25) is 11.8 Å². The highest BCUT2D eigenvalue weighted by atomic mass is 35.5. The number of amides is 3. The molecule has 3 heterocycles. The lowest BCUT2D eigenvalue weighted by Crippen LogP contribution is -2.59. The molecule has 58 heavy (non-hydrogen) atoms. The number of rotatable bonds is 13. The van der Waals surface area contributed by atoms with E-state index in [1.807, 2.05) is 41.5 Å². The molecule has 3 aromatic rings. The molecular weight excluding hydrogens is 784 g/mol. The Morgan fingerprint density at radius 3 is 2.40 bits per heavy atom. The van der Waals surface area contributed by atoms with Gasteiger partial charge in [-0.3, -0.25) is 9.59 Å². The van der Waals surface area contributed by atoms with Crippen molar-refractivity contribution >= 4 is 62.8 Å². The predicted octanol–water partition coefficient (Wildman–Crippen LogP) is 6.67. The van der Waals surface area contributed by atoms with E-state index in [1.54, 1.807) is 24.3 Å². The predicted molar refractivity (Wildman–Crippen MR) is 221 cm³/mol. The summed E-state index contributed by atoms with van der Waals surface area (Å²) in [6.45, 7) is 15.4. The van der Waals surface area contributed by atoms with E-state index in [1.165, 1.54) is 36.9 Å². The monoisotopic (exact) mass is 836 g/mol. The number of carbonyl (C=O) groups excluding carboxylic acids is 4. The summed E-state index contributed by atoms with van der Waals surface area (Å²) in [6, 6.07) is 3.36. The highest BCUT2D eigenvalue weighted by molar-refractivity contribution is 7.16. The minimum atomic E-state index is -1.30. The Labute approximate surface area is 347 Å². The quantitative estimate of drug-likeness (QED) is 0.124. The second-order valence-corrected chi connectivity index (χ2v) is 19.0. The number of benzene rings is 1. The highest BCUT2D eigenvalue weighted by Gasteiger charge is 2.62. The van der Waals surface area contributed by atoms with Gasteiger partial charge in [-0.25, -0.2) is 19.6 Å². The largest absolute Gasteiger partial charge is 0.495 e. The Bertz CT molecular complexity index is 2130. The van der Waals surface area contributed by atoms with Crippen molar-refractivity contribution in [3.05, 3.63) is 40.8 Å². The van der Waals surface area contributed by atoms with E-state index in [0.29, 0.717) is 52.0 Å². The number of esters is 1. The van der Waals surface area contributed by atoms with Crippen molar-refractivity contribution in [2.24, 2.45) is 23.2 Å². The standard InChI is InChI=1S/C42H53ClN6O8S/c1-10-24-18-42(24,38(52)55-9)48-36(50)29-16-26(19-49(29)37(51)35(41(5,6)7)47-40(53)57-25-14-22-13-23(22)15-25)56-31-17-28(33-21(4)58-39(46-33)44-20(2)3)45-34-27(31)11-12-30(54-8)32(34)43/h10-12,17,20,22-26,29,35H,1,13-16,18-19H2,2-9H3,(H,44,46)(H,47,53)(H,48,50)/t22-,23+,24-,25+,26-,29+,35-,42-/m1/s1. The summed E-state index contributed by atoms with van der Waals surface area (Å²) in [6.07, 6.45) is 3.26. The molecule has 0 unspecified atom stereocenters. The number of halogens is 1. The first-order chi connectivity index (χ1) is 27.5. The number of ether oxygens (including phenoxy) is 4. The maximum atomic E-state index is 14.8. The van der Waals surface area contributed by atoms with Crippen LogP contribution in [0.1, 0.15) is 71.6 Å². The zero-order valence-corrected chi connectivity index (χ0v) is 35.8. The summed E-state index contributed by atoms with van der Waals surface area (Å²) in [4.78, 5) is 67.6. The third-order valence-corrected chi connectivity index (χ3v) is 13.0. The molecule has 2 aromatic heterocycles. The number of methoxy groups -OCH3 is 2. The zero-order valence-electron chi connectivity index (χ0n) is 34.3. The first-order valence-corrected chi connectivity index (χ1v) is 21.0. The first kappa shape index (κ1) is 41.5. The van der Waals surface area contributed by atoms with Gasteiger partial charge in [0.15, 0.2) is 5.13 Å². The molecule has 14 nitrogen and oxygen atoms in total. The van der Waals surface area contributed by atoms with Crippen molar-refractivity contribution in [3.63, 3.8) is 0 Å². The second kappa shape index (κ2) is 15.9. The molecular formula is C42H53ClN6O8S. The Morgan fingerprint density at radius 2 is 1.78 bits per heavy atom. The maximum absolute atomic E-state index is 14.8. The Hall–Kier alpha value is -4.63. The van der Waals surface area contributed by atoms with Gasteiger partial charge in [-0.05, 0) is 75.8 Å². The molecule has 16 heteroatoms. The molecule has 0 bridgehead atoms. The lowest BCUT2D eigenvalue weighted by atomic mass is 9.85. The Morgan fingerprint density at radius 1 is 1.05 bits per heavy atom. The van der Waals surface area contributed by atoms with Crippen molar-refractivity contribution < 1.29 is 38.1 Å². The summed E-state index contributed by atoms with van der Waals surface area (Å²) in [5.41, 5.74) is -0.475. The van der Waals surface area contributed by atoms with Crippen molar-refractivity contribution in [1.82, 2.24) is 25.5 Å². The number of anilines is 1. The van der Waals surface area contributed by atoms with Crippen LogP contribution in [0.25, 0.3) is 22.3 Å². The summed E-state index contributed by atoms with van der Waals surface area (Å²) in [7, 11) is 2.79. The molecule has 1 aliphatic heterocycles. The van der Waals surface area contributed by atoms with Gasteiger partial charge < -0.3 is 39.8 Å². The van der Waals surface area contributed by atoms with Crippen LogP contribution in [0.3, 0.4) is 0 Å². The molecule has 4 aliphatic rings. The molecule has 1 aromatic carbocycles. The summed E-state index contributed by atoms with van der Waals surface area (Å²) < 4.78 is 23.2. The van der Waals surface area contributed by atoms with Crippen LogP contribution in [0, 0.1) is 30.1 Å². The number of aryl methyl sites for hydroxylation is 1. The smallest absolute Gasteiger partial charge is 0.408 e. The lowest BCUT2D eigenvalue weighted by molar-refractivity contribution is -0.148. The molecule has 8 atom stereocenters. The van der Waals surface area contributed by atoms with Crippen molar-refractivity contribution in [2.75, 3.05) is 26.1 Å². The van der Waals surface area contributed by atoms with E-state index in [-0.39, 0.29) is 36.1 Å². The third-order valence-electron chi connectivity index (χ3n) is 11.7. The molecule has 7 rings (SSSR count). The number of likely N-dealkylation sites (tertiary alicyclic amines) is 1. The van der Waals surface area contributed by atoms with E-state index in [4.69, 9.17) is 40.5 Å². The number of pyridine rings is 1. The molecule has 3 N–H and O–H groups in total. The van der Waals surface area contributed by atoms with Crippen LogP contribution in [0.4, 0.5) is 9.93 Å². The summed E-state index contributed by atoms with van der Waals surface area (Å²) in [5, 5.41) is 10.7. The van der Waals surface area contributed by atoms with E-state index in [2.05, 4.69) is 22.5 Å². The number of alkyl carbamates (subject to hydrolysis) is 1. The van der Waals surface area contributed by atoms with Gasteiger partial charge in [0.05, 0.1) is 32.0 Å². The molecule has 0 radical (unpaired) electrons. The summed E-state index contributed by atoms with van der Waals surface area (Å²) in [5.74, 6) is 0.0932. The molecule has 4 fully saturated rings. The fourth-order valence-corrected chi connectivity index (χ4v) is 9.70. The van der Waals surface area contributed by atoms with Crippen LogP contribution >= 0.6 is 22.9 Å². The topological polar surface area (TPSA) is 170 Å². The number of fused-ring (bicyclic) bond motifs is 2. The first-order valence-electron chi connectivity index (χ1n) is 19.8. The number of carbonyl (C=O) groups is 4. The van der Waals surface area contributed by atoms with Crippen LogP contribution in [0.5, 0.6) is 11.5 Å². The van der Waals surface area contributed by atoms with Gasteiger partial charge in [0.25, 0.3) is 0 Å². The van der Waals surface area contributed by atoms with Gasteiger partial charge in [0, 0.05) is 34.7 Å². The fraction of sp³-hybridized carbons (Fsp3) is 0.571. The molecule has 3 amide bonds. The summed E-state index contributed by atoms with van der Waals surface area (Å²) >= 11 is 8.38. The van der Waals surface area contributed by atoms with Gasteiger partial charge in [-0.2, -0.15) is 0 Å². The average molecular weight is 837 g/mol. The van der Waals surface area contributed by atoms with E-state index in [9.17, 15) is 19.2 Å². The lowest BCUT2D eigenvalue weighted by Gasteiger charge is -2.35. The zero-order chi connectivity index (χ0) is 41.8. The van der Waals surface area contributed by atoms with Gasteiger partial charge in [0.1, 0.15) is 52.0 Å². The van der Waals surface area contributed by atoms with Gasteiger partial charge in [-0.1, -0.05) is 38.4 Å². The SMILES string of the molecule is C=C[C@@H]1C[C@]1(NC(=O)[C@@H]1C[C@@H](Oc2cc(-c3nc(NC(C)C)sc3C)nc3c(Cl)c(OC)ccc23)CN1C(=O)[C@@H](NC(=O)O[C@@H]1C[C@@H]2C[C@@H]2C1)C(C)(C)C)C(=O)OC. The number of aromatic nitrogens is 2. The number of hydrogen-bond acceptors (Lipinski definition) is 12. The second-order valence-electron chi connectivity index (χ2n) is 17.4. The van der Waals surface area contributed by atoms with Crippen LogP contribution < -0.4 is 25.4 Å². The Balaban J connectivity index is 1.22. The van der Waals surface area contributed by atoms with Crippen LogP contribution in [-0.2, 0) is 23.9 Å². The number of thiazole rings is 1. The molecule has 312 valence electrons. The minimum absolute atomic E-state index is 0.0104. The van der Waals surface area contributed by atoms with E-state index >= 15 is 0 Å². The number of nitrogens with one attached hydrogen (secondary N) is 3. The molecule has 3 saturated carbocycles. The van der Waals surface area contributed by atoms with Crippen molar-refractivity contribution in [2.45, 2.75) is 110 Å². The molecule has 1 saturated heterocycles. The van der Waals surface area contributed by atoms with Crippen LogP contribution in [0.2, 0.25) is 5.02 Å². The van der Waals surface area contributed by atoms with Gasteiger partial charge >= 0.3 is 12.1 Å². The number of hydrogen-bond donors (Lipinski definition) is 3. The van der Waals surface area contributed by atoms with Crippen molar-refractivity contribution in [1.29, 1.82) is 0 Å². The maximum Gasteiger partial charge on any atom is 0.408 e. The third kappa shape index (κ3) is 8.16. The van der Waals surface area contributed by atoms with Gasteiger partial charge in [-0.15, -0.1) is 17.9 Å². The van der Waals surface area contributed by atoms with Crippen LogP contribution in [-0.4, -0.2) is 95.4 Å². The van der Waals surface area contributed by atoms with Crippen molar-refractivity contribution in [3.8, 4) is 22.9 Å². The average Bonchev–Trinajstić information content (AvgIpc) is 3.88. The fourth-order valence-electron chi connectivity index (χ4n) is 8.44. The van der Waals surface area contributed by atoms with Crippen LogP contribution in [0.15, 0.2) is 30.9 Å². The minimum Gasteiger partial charge on any atom is -0.495 e. The molecule has 3 aliphatic carbocycles. The normalized spacial score (nSPS) is 26.4. The Kier molecular flexibility index (Phi) is 11.3. The highest BCUT2D eigenvalue weighted by Crippen LogP contribution is 2.52. The molecule has 0 spiro atoms. The van der Waals surface area contributed by atoms with E-state index < -0.39 is 53.0 Å². The van der Waals surface area contributed by atoms with E-state index in [0.717, 1.165) is 22.9 Å². The number of nitrogens with zero attached hydrogens (tertiary/aromatic N) is 3.